The molecule has 1 aromatic heterocycles. The van der Waals surface area contributed by atoms with Gasteiger partial charge in [0.25, 0.3) is 11.8 Å². The van der Waals surface area contributed by atoms with E-state index in [4.69, 9.17) is 9.47 Å². The Morgan fingerprint density at radius 3 is 2.56 bits per heavy atom. The molecule has 0 fully saturated rings. The van der Waals surface area contributed by atoms with Crippen LogP contribution in [0, 0.1) is 5.92 Å². The van der Waals surface area contributed by atoms with Crippen molar-refractivity contribution in [3.05, 3.63) is 53.9 Å². The Balaban J connectivity index is 1.91. The number of carbonyl (C=O) groups is 3. The van der Waals surface area contributed by atoms with Crippen LogP contribution in [0.15, 0.2) is 42.7 Å². The summed E-state index contributed by atoms with van der Waals surface area (Å²) >= 11 is 0. The molecule has 0 aliphatic carbocycles. The normalized spacial score (nSPS) is 20.8. The Morgan fingerprint density at radius 1 is 1.18 bits per heavy atom. The molecular weight excluding hydrogens is 593 g/mol. The third-order valence-electron chi connectivity index (χ3n) is 7.70. The standard InChI is InChI=1S/C32H43F3N4O6/c1-21-18-39(22(2)20-40)31(43)26-17-25(37-29(41)10-13-32(33,34)35)8-9-27(26)45-23(3)7-5-6-16-44-28(21)19-38(4)30(42)24-11-14-36-15-12-24/h8-9,11-12,14-15,17,21-23,28,40H,5-7,10,13,16,18-20H2,1-4H3,(H,37,41)/t21-,22-,23-,28+/m0/s1. The van der Waals surface area contributed by atoms with Crippen molar-refractivity contribution >= 4 is 23.4 Å². The molecule has 0 spiro atoms. The quantitative estimate of drug-likeness (QED) is 0.422. The van der Waals surface area contributed by atoms with E-state index in [0.29, 0.717) is 18.6 Å². The lowest BCUT2D eigenvalue weighted by Crippen LogP contribution is -2.48. The molecule has 0 saturated carbocycles. The van der Waals surface area contributed by atoms with Crippen molar-refractivity contribution in [1.82, 2.24) is 14.8 Å². The average Bonchev–Trinajstić information content (AvgIpc) is 3.01. The van der Waals surface area contributed by atoms with Gasteiger partial charge in [-0.3, -0.25) is 19.4 Å². The van der Waals surface area contributed by atoms with Gasteiger partial charge in [0.1, 0.15) is 5.75 Å². The number of ether oxygens (including phenoxy) is 2. The molecule has 1 aromatic carbocycles. The zero-order valence-electron chi connectivity index (χ0n) is 26.2. The summed E-state index contributed by atoms with van der Waals surface area (Å²) in [4.78, 5) is 46.5. The highest BCUT2D eigenvalue weighted by atomic mass is 19.4. The zero-order chi connectivity index (χ0) is 33.1. The maximum absolute atomic E-state index is 14.1. The van der Waals surface area contributed by atoms with Crippen LogP contribution >= 0.6 is 0 Å². The first kappa shape index (κ1) is 35.8. The molecule has 3 rings (SSSR count). The summed E-state index contributed by atoms with van der Waals surface area (Å²) < 4.78 is 50.3. The summed E-state index contributed by atoms with van der Waals surface area (Å²) in [6, 6.07) is 7.03. The molecule has 2 N–H and O–H groups in total. The summed E-state index contributed by atoms with van der Waals surface area (Å²) in [6.07, 6.45) is -1.97. The van der Waals surface area contributed by atoms with Gasteiger partial charge in [-0.05, 0) is 63.4 Å². The van der Waals surface area contributed by atoms with Crippen molar-refractivity contribution in [3.63, 3.8) is 0 Å². The first-order valence-corrected chi connectivity index (χ1v) is 15.1. The van der Waals surface area contributed by atoms with E-state index in [1.165, 1.54) is 23.1 Å². The predicted octanol–water partition coefficient (Wildman–Crippen LogP) is 4.93. The van der Waals surface area contributed by atoms with Crippen LogP contribution in [0.1, 0.15) is 73.6 Å². The number of nitrogens with zero attached hydrogens (tertiary/aromatic N) is 3. The zero-order valence-corrected chi connectivity index (χ0v) is 26.2. The number of rotatable bonds is 8. The highest BCUT2D eigenvalue weighted by Crippen LogP contribution is 2.29. The summed E-state index contributed by atoms with van der Waals surface area (Å²) in [5, 5.41) is 12.5. The van der Waals surface area contributed by atoms with Gasteiger partial charge in [-0.1, -0.05) is 6.92 Å². The first-order chi connectivity index (χ1) is 21.3. The largest absolute Gasteiger partial charge is 0.490 e. The Hall–Kier alpha value is -3.71. The summed E-state index contributed by atoms with van der Waals surface area (Å²) in [5.41, 5.74) is 0.731. The second-order valence-corrected chi connectivity index (χ2v) is 11.6. The van der Waals surface area contributed by atoms with Crippen molar-refractivity contribution in [3.8, 4) is 5.75 Å². The Kier molecular flexibility index (Phi) is 13.2. The number of likely N-dealkylation sites (N-methyl/N-ethyl adjacent to an activating group) is 1. The second kappa shape index (κ2) is 16.6. The van der Waals surface area contributed by atoms with Crippen molar-refractivity contribution in [2.75, 3.05) is 38.7 Å². The van der Waals surface area contributed by atoms with E-state index in [1.807, 2.05) is 13.8 Å². The number of aliphatic hydroxyl groups excluding tert-OH is 1. The van der Waals surface area contributed by atoms with Gasteiger partial charge in [0.15, 0.2) is 0 Å². The predicted molar refractivity (Wildman–Crippen MR) is 162 cm³/mol. The number of amides is 3. The molecular formula is C32H43F3N4O6. The van der Waals surface area contributed by atoms with Crippen LogP contribution < -0.4 is 10.1 Å². The fourth-order valence-electron chi connectivity index (χ4n) is 5.01. The molecule has 4 atom stereocenters. The van der Waals surface area contributed by atoms with Crippen molar-refractivity contribution in [1.29, 1.82) is 0 Å². The minimum atomic E-state index is -4.48. The van der Waals surface area contributed by atoms with Gasteiger partial charge in [0, 0.05) is 62.7 Å². The monoisotopic (exact) mass is 636 g/mol. The number of alkyl halides is 3. The SMILES string of the molecule is C[C@H]1CCCCO[C@H](CN(C)C(=O)c2ccncc2)[C@@H](C)CN([C@@H](C)CO)C(=O)c2cc(NC(=O)CCC(F)(F)F)ccc2O1. The Labute approximate surface area is 261 Å². The molecule has 0 unspecified atom stereocenters. The molecule has 45 heavy (non-hydrogen) atoms. The summed E-state index contributed by atoms with van der Waals surface area (Å²) in [6.45, 7) is 5.96. The number of anilines is 1. The third kappa shape index (κ3) is 11.0. The molecule has 3 amide bonds. The molecule has 10 nitrogen and oxygen atoms in total. The van der Waals surface area contributed by atoms with Crippen molar-refractivity contribution in [2.24, 2.45) is 5.92 Å². The van der Waals surface area contributed by atoms with Crippen LogP contribution in [0.4, 0.5) is 18.9 Å². The molecule has 248 valence electrons. The van der Waals surface area contributed by atoms with Crippen LogP contribution in [-0.2, 0) is 9.53 Å². The molecule has 13 heteroatoms. The number of benzene rings is 1. The molecule has 0 saturated heterocycles. The van der Waals surface area contributed by atoms with E-state index in [9.17, 15) is 32.7 Å². The average molecular weight is 637 g/mol. The van der Waals surface area contributed by atoms with Gasteiger partial charge in [-0.15, -0.1) is 0 Å². The lowest BCUT2D eigenvalue weighted by Gasteiger charge is -2.36. The number of pyridine rings is 1. The molecule has 1 aliphatic heterocycles. The molecule has 0 bridgehead atoms. The Bertz CT molecular complexity index is 1280. The maximum Gasteiger partial charge on any atom is 0.389 e. The molecule has 2 heterocycles. The minimum Gasteiger partial charge on any atom is -0.490 e. The second-order valence-electron chi connectivity index (χ2n) is 11.6. The number of hydrogen-bond donors (Lipinski definition) is 2. The van der Waals surface area contributed by atoms with Gasteiger partial charge >= 0.3 is 6.18 Å². The smallest absolute Gasteiger partial charge is 0.389 e. The van der Waals surface area contributed by atoms with Crippen LogP contribution in [0.3, 0.4) is 0 Å². The van der Waals surface area contributed by atoms with E-state index in [-0.39, 0.29) is 54.6 Å². The molecule has 2 aromatic rings. The van der Waals surface area contributed by atoms with Crippen molar-refractivity contribution in [2.45, 2.75) is 77.3 Å². The van der Waals surface area contributed by atoms with E-state index in [1.54, 1.807) is 43.4 Å². The third-order valence-corrected chi connectivity index (χ3v) is 7.70. The number of nitrogens with one attached hydrogen (secondary N) is 1. The van der Waals surface area contributed by atoms with E-state index >= 15 is 0 Å². The number of aliphatic hydroxyl groups is 1. The number of fused-ring (bicyclic) bond motifs is 1. The van der Waals surface area contributed by atoms with Crippen molar-refractivity contribution < 1.29 is 42.1 Å². The van der Waals surface area contributed by atoms with Gasteiger partial charge in [-0.25, -0.2) is 0 Å². The minimum absolute atomic E-state index is 0.0995. The summed E-state index contributed by atoms with van der Waals surface area (Å²) in [7, 11) is 1.68. The van der Waals surface area contributed by atoms with Gasteiger partial charge in [0.2, 0.25) is 5.91 Å². The number of carbonyl (C=O) groups excluding carboxylic acids is 3. The molecule has 0 radical (unpaired) electrons. The number of hydrogen-bond acceptors (Lipinski definition) is 7. The lowest BCUT2D eigenvalue weighted by atomic mass is 10.0. The van der Waals surface area contributed by atoms with Crippen LogP contribution in [0.25, 0.3) is 0 Å². The first-order valence-electron chi connectivity index (χ1n) is 15.1. The maximum atomic E-state index is 14.1. The fraction of sp³-hybridized carbons (Fsp3) is 0.562. The van der Waals surface area contributed by atoms with Crippen LogP contribution in [-0.4, -0.2) is 95.4 Å². The van der Waals surface area contributed by atoms with Crippen LogP contribution in [0.5, 0.6) is 5.75 Å². The van der Waals surface area contributed by atoms with E-state index < -0.39 is 43.0 Å². The van der Waals surface area contributed by atoms with E-state index in [2.05, 4.69) is 10.3 Å². The highest BCUT2D eigenvalue weighted by Gasteiger charge is 2.32. The highest BCUT2D eigenvalue weighted by molar-refractivity contribution is 5.99. The van der Waals surface area contributed by atoms with Gasteiger partial charge in [0.05, 0.1) is 36.8 Å². The topological polar surface area (TPSA) is 121 Å². The number of aromatic nitrogens is 1. The van der Waals surface area contributed by atoms with Crippen LogP contribution in [0.2, 0.25) is 0 Å². The number of halogens is 3. The van der Waals surface area contributed by atoms with Gasteiger partial charge < -0.3 is 29.7 Å². The summed E-state index contributed by atoms with van der Waals surface area (Å²) in [5.74, 6) is -1.55. The lowest BCUT2D eigenvalue weighted by molar-refractivity contribution is -0.142. The van der Waals surface area contributed by atoms with E-state index in [0.717, 1.165) is 12.8 Å². The fourth-order valence-corrected chi connectivity index (χ4v) is 5.01. The molecule has 1 aliphatic rings. The Morgan fingerprint density at radius 2 is 1.89 bits per heavy atom. The van der Waals surface area contributed by atoms with Gasteiger partial charge in [-0.2, -0.15) is 13.2 Å².